The van der Waals surface area contributed by atoms with Crippen LogP contribution in [0.2, 0.25) is 0 Å². The van der Waals surface area contributed by atoms with Gasteiger partial charge in [0.2, 0.25) is 0 Å². The number of nitrogens with zero attached hydrogens (tertiary/aromatic N) is 2. The third-order valence-corrected chi connectivity index (χ3v) is 5.22. The van der Waals surface area contributed by atoms with Gasteiger partial charge in [-0.3, -0.25) is 9.69 Å². The lowest BCUT2D eigenvalue weighted by atomic mass is 9.94. The van der Waals surface area contributed by atoms with E-state index in [0.29, 0.717) is 5.56 Å². The molecule has 2 aromatic carbocycles. The topological polar surface area (TPSA) is 32.8 Å². The lowest BCUT2D eigenvalue weighted by molar-refractivity contribution is -0.101. The molecule has 4 heteroatoms. The van der Waals surface area contributed by atoms with E-state index in [4.69, 9.17) is 4.74 Å². The summed E-state index contributed by atoms with van der Waals surface area (Å²) in [4.78, 5) is 16.9. The molecule has 1 spiro atoms. The Morgan fingerprint density at radius 2 is 1.67 bits per heavy atom. The molecule has 24 heavy (non-hydrogen) atoms. The highest BCUT2D eigenvalue weighted by molar-refractivity contribution is 5.98. The Balaban J connectivity index is 1.49. The second-order valence-electron chi connectivity index (χ2n) is 6.67. The van der Waals surface area contributed by atoms with Gasteiger partial charge in [-0.2, -0.15) is 0 Å². The molecule has 4 rings (SSSR count). The summed E-state index contributed by atoms with van der Waals surface area (Å²) in [6.45, 7) is 2.80. The Labute approximate surface area is 142 Å². The summed E-state index contributed by atoms with van der Waals surface area (Å²) in [5.41, 5.74) is 1.49. The summed E-state index contributed by atoms with van der Waals surface area (Å²) >= 11 is 0. The van der Waals surface area contributed by atoms with Crippen molar-refractivity contribution in [2.75, 3.05) is 20.1 Å². The van der Waals surface area contributed by atoms with E-state index in [1.807, 2.05) is 37.4 Å². The van der Waals surface area contributed by atoms with Gasteiger partial charge in [0.15, 0.2) is 5.72 Å². The smallest absolute Gasteiger partial charge is 0.260 e. The molecule has 2 heterocycles. The first-order valence-corrected chi connectivity index (χ1v) is 8.50. The Hall–Kier alpha value is -2.33. The molecule has 0 bridgehead atoms. The average molecular weight is 322 g/mol. The van der Waals surface area contributed by atoms with Gasteiger partial charge in [-0.15, -0.1) is 0 Å². The molecule has 2 aliphatic rings. The number of hydrogen-bond donors (Lipinski definition) is 0. The number of para-hydroxylation sites is 1. The van der Waals surface area contributed by atoms with Crippen molar-refractivity contribution in [3.05, 3.63) is 65.7 Å². The molecule has 0 radical (unpaired) electrons. The highest BCUT2D eigenvalue weighted by atomic mass is 16.5. The summed E-state index contributed by atoms with van der Waals surface area (Å²) in [6.07, 6.45) is 1.66. The maximum Gasteiger partial charge on any atom is 0.260 e. The number of fused-ring (bicyclic) bond motifs is 1. The Morgan fingerprint density at radius 3 is 2.42 bits per heavy atom. The summed E-state index contributed by atoms with van der Waals surface area (Å²) in [6, 6.07) is 18.1. The Morgan fingerprint density at radius 1 is 1.00 bits per heavy atom. The molecule has 0 N–H and O–H groups in total. The normalized spacial score (nSPS) is 19.9. The van der Waals surface area contributed by atoms with Crippen molar-refractivity contribution in [1.82, 2.24) is 9.80 Å². The van der Waals surface area contributed by atoms with Crippen LogP contribution in [0.5, 0.6) is 5.75 Å². The average Bonchev–Trinajstić information content (AvgIpc) is 2.63. The number of amides is 1. The van der Waals surface area contributed by atoms with Crippen LogP contribution in [-0.4, -0.2) is 41.6 Å². The highest BCUT2D eigenvalue weighted by Gasteiger charge is 2.46. The predicted molar refractivity (Wildman–Crippen MR) is 92.8 cm³/mol. The minimum Gasteiger partial charge on any atom is -0.467 e. The summed E-state index contributed by atoms with van der Waals surface area (Å²) < 4.78 is 6.32. The summed E-state index contributed by atoms with van der Waals surface area (Å²) in [5, 5.41) is 0. The third kappa shape index (κ3) is 2.57. The zero-order chi connectivity index (χ0) is 16.6. The third-order valence-electron chi connectivity index (χ3n) is 5.22. The van der Waals surface area contributed by atoms with Gasteiger partial charge in [0.1, 0.15) is 5.75 Å². The zero-order valence-corrected chi connectivity index (χ0v) is 13.9. The molecule has 0 saturated carbocycles. The first-order chi connectivity index (χ1) is 11.7. The van der Waals surface area contributed by atoms with Crippen molar-refractivity contribution >= 4 is 5.91 Å². The van der Waals surface area contributed by atoms with Gasteiger partial charge in [0.05, 0.1) is 5.56 Å². The van der Waals surface area contributed by atoms with Gasteiger partial charge in [-0.25, -0.2) is 0 Å². The molecular formula is C20H22N2O2. The Bertz CT molecular complexity index is 736. The molecule has 1 saturated heterocycles. The van der Waals surface area contributed by atoms with Crippen LogP contribution in [0.15, 0.2) is 54.6 Å². The van der Waals surface area contributed by atoms with Crippen LogP contribution in [-0.2, 0) is 6.54 Å². The van der Waals surface area contributed by atoms with E-state index in [1.165, 1.54) is 5.56 Å². The standard InChI is InChI=1S/C20H22N2O2/c1-21-19(23)17-9-5-6-10-18(17)24-20(21)11-13-22(14-12-20)15-16-7-3-2-4-8-16/h2-10H,11-15H2,1H3. The van der Waals surface area contributed by atoms with E-state index in [2.05, 4.69) is 29.2 Å². The molecule has 0 aromatic heterocycles. The van der Waals surface area contributed by atoms with Crippen molar-refractivity contribution in [3.63, 3.8) is 0 Å². The molecule has 0 unspecified atom stereocenters. The van der Waals surface area contributed by atoms with E-state index < -0.39 is 5.72 Å². The number of carbonyl (C=O) groups excluding carboxylic acids is 1. The van der Waals surface area contributed by atoms with Crippen LogP contribution in [0.1, 0.15) is 28.8 Å². The molecule has 2 aliphatic heterocycles. The molecule has 2 aromatic rings. The van der Waals surface area contributed by atoms with E-state index in [9.17, 15) is 4.79 Å². The Kier molecular flexibility index (Phi) is 3.77. The fourth-order valence-electron chi connectivity index (χ4n) is 3.71. The van der Waals surface area contributed by atoms with Crippen molar-refractivity contribution < 1.29 is 9.53 Å². The molecule has 4 nitrogen and oxygen atoms in total. The lowest BCUT2D eigenvalue weighted by Gasteiger charge is -2.49. The number of piperidine rings is 1. The van der Waals surface area contributed by atoms with Crippen LogP contribution in [0.3, 0.4) is 0 Å². The van der Waals surface area contributed by atoms with Crippen molar-refractivity contribution in [2.24, 2.45) is 0 Å². The molecule has 124 valence electrons. The van der Waals surface area contributed by atoms with Crippen LogP contribution in [0.4, 0.5) is 0 Å². The van der Waals surface area contributed by atoms with Gasteiger partial charge in [-0.05, 0) is 17.7 Å². The van der Waals surface area contributed by atoms with Gasteiger partial charge in [0, 0.05) is 39.5 Å². The number of hydrogen-bond acceptors (Lipinski definition) is 3. The predicted octanol–water partition coefficient (Wildman–Crippen LogP) is 3.14. The number of rotatable bonds is 2. The molecule has 0 atom stereocenters. The van der Waals surface area contributed by atoms with Crippen molar-refractivity contribution in [3.8, 4) is 5.75 Å². The summed E-state index contributed by atoms with van der Waals surface area (Å²) in [5.74, 6) is 0.783. The zero-order valence-electron chi connectivity index (χ0n) is 13.9. The van der Waals surface area contributed by atoms with Crippen LogP contribution < -0.4 is 4.74 Å². The number of likely N-dealkylation sites (tertiary alicyclic amines) is 1. The highest BCUT2D eigenvalue weighted by Crippen LogP contribution is 2.38. The van der Waals surface area contributed by atoms with Crippen LogP contribution in [0.25, 0.3) is 0 Å². The van der Waals surface area contributed by atoms with Gasteiger partial charge in [0.25, 0.3) is 5.91 Å². The first kappa shape index (κ1) is 15.2. The SMILES string of the molecule is CN1C(=O)c2ccccc2OC12CCN(Cc1ccccc1)CC2. The van der Waals surface area contributed by atoms with E-state index in [0.717, 1.165) is 38.2 Å². The number of carbonyl (C=O) groups is 1. The monoisotopic (exact) mass is 322 g/mol. The quantitative estimate of drug-likeness (QED) is 0.851. The minimum absolute atomic E-state index is 0.0633. The first-order valence-electron chi connectivity index (χ1n) is 8.50. The number of benzene rings is 2. The van der Waals surface area contributed by atoms with Gasteiger partial charge >= 0.3 is 0 Å². The molecular weight excluding hydrogens is 300 g/mol. The second-order valence-corrected chi connectivity index (χ2v) is 6.67. The van der Waals surface area contributed by atoms with Crippen molar-refractivity contribution in [1.29, 1.82) is 0 Å². The lowest BCUT2D eigenvalue weighted by Crippen LogP contribution is -2.61. The van der Waals surface area contributed by atoms with Crippen LogP contribution >= 0.6 is 0 Å². The van der Waals surface area contributed by atoms with E-state index >= 15 is 0 Å². The maximum atomic E-state index is 12.7. The number of ether oxygens (including phenoxy) is 1. The minimum atomic E-state index is -0.501. The van der Waals surface area contributed by atoms with Gasteiger partial charge < -0.3 is 9.64 Å². The molecule has 0 aliphatic carbocycles. The fraction of sp³-hybridized carbons (Fsp3) is 0.350. The maximum absolute atomic E-state index is 12.7. The largest absolute Gasteiger partial charge is 0.467 e. The van der Waals surface area contributed by atoms with Gasteiger partial charge in [-0.1, -0.05) is 42.5 Å². The molecule has 1 amide bonds. The van der Waals surface area contributed by atoms with E-state index in [-0.39, 0.29) is 5.91 Å². The molecule has 1 fully saturated rings. The van der Waals surface area contributed by atoms with Crippen LogP contribution in [0, 0.1) is 0 Å². The second kappa shape index (κ2) is 5.95. The fourth-order valence-corrected chi connectivity index (χ4v) is 3.71. The van der Waals surface area contributed by atoms with E-state index in [1.54, 1.807) is 4.90 Å². The van der Waals surface area contributed by atoms with Crippen molar-refractivity contribution in [2.45, 2.75) is 25.1 Å². The summed E-state index contributed by atoms with van der Waals surface area (Å²) in [7, 11) is 1.87.